The standard InChI is InChI=1S/C23H24N6O3/c1-15-7-5-6-10-18(15)25-23-27-19(26-22(24)28-23)14-32-21(31)17-11-20(30)29(13-17)12-16-8-3-2-4-9-16/h2-10,17H,11-14H2,1H3,(H3,24,25,26,27,28)/t17-/m0/s1. The van der Waals surface area contributed by atoms with Crippen LogP contribution in [0.4, 0.5) is 17.6 Å². The van der Waals surface area contributed by atoms with Crippen molar-refractivity contribution in [2.45, 2.75) is 26.5 Å². The molecule has 9 nitrogen and oxygen atoms in total. The number of carbonyl (C=O) groups is 2. The van der Waals surface area contributed by atoms with Crippen LogP contribution in [0.2, 0.25) is 0 Å². The maximum Gasteiger partial charge on any atom is 0.311 e. The largest absolute Gasteiger partial charge is 0.457 e. The van der Waals surface area contributed by atoms with Gasteiger partial charge in [-0.05, 0) is 24.1 Å². The molecular weight excluding hydrogens is 408 g/mol. The molecule has 1 aliphatic rings. The molecule has 1 aromatic heterocycles. The van der Waals surface area contributed by atoms with Crippen LogP contribution >= 0.6 is 0 Å². The Kier molecular flexibility index (Phi) is 6.25. The number of aryl methyl sites for hydroxylation is 1. The van der Waals surface area contributed by atoms with Gasteiger partial charge in [0, 0.05) is 25.2 Å². The Hall–Kier alpha value is -4.01. The van der Waals surface area contributed by atoms with Gasteiger partial charge in [-0.3, -0.25) is 9.59 Å². The zero-order valence-corrected chi connectivity index (χ0v) is 17.7. The lowest BCUT2D eigenvalue weighted by molar-refractivity contribution is -0.150. The van der Waals surface area contributed by atoms with Crippen molar-refractivity contribution in [2.75, 3.05) is 17.6 Å². The van der Waals surface area contributed by atoms with Gasteiger partial charge in [0.15, 0.2) is 12.4 Å². The first kappa shape index (κ1) is 21.2. The van der Waals surface area contributed by atoms with E-state index in [4.69, 9.17) is 10.5 Å². The summed E-state index contributed by atoms with van der Waals surface area (Å²) in [5.74, 6) is -0.524. The molecule has 1 aliphatic heterocycles. The average Bonchev–Trinajstić information content (AvgIpc) is 3.14. The minimum absolute atomic E-state index is 0.0206. The first-order chi connectivity index (χ1) is 15.5. The smallest absolute Gasteiger partial charge is 0.311 e. The third-order valence-electron chi connectivity index (χ3n) is 5.20. The Labute approximate surface area is 185 Å². The molecule has 1 atom stereocenters. The number of nitrogens with zero attached hydrogens (tertiary/aromatic N) is 4. The molecule has 0 bridgehead atoms. The van der Waals surface area contributed by atoms with Crippen molar-refractivity contribution in [1.29, 1.82) is 0 Å². The first-order valence-corrected chi connectivity index (χ1v) is 10.3. The van der Waals surface area contributed by atoms with Crippen LogP contribution in [0, 0.1) is 12.8 Å². The number of likely N-dealkylation sites (tertiary alicyclic amines) is 1. The Balaban J connectivity index is 1.35. The van der Waals surface area contributed by atoms with Gasteiger partial charge >= 0.3 is 5.97 Å². The fourth-order valence-corrected chi connectivity index (χ4v) is 3.53. The summed E-state index contributed by atoms with van der Waals surface area (Å²) in [6.45, 7) is 2.60. The molecule has 4 rings (SSSR count). The van der Waals surface area contributed by atoms with E-state index < -0.39 is 11.9 Å². The number of carbonyl (C=O) groups excluding carboxylic acids is 2. The van der Waals surface area contributed by atoms with Crippen LogP contribution < -0.4 is 11.1 Å². The lowest BCUT2D eigenvalue weighted by Crippen LogP contribution is -2.26. The van der Waals surface area contributed by atoms with Gasteiger partial charge in [0.05, 0.1) is 5.92 Å². The maximum atomic E-state index is 12.5. The highest BCUT2D eigenvalue weighted by Crippen LogP contribution is 2.22. The minimum Gasteiger partial charge on any atom is -0.457 e. The van der Waals surface area contributed by atoms with E-state index in [9.17, 15) is 9.59 Å². The van der Waals surface area contributed by atoms with Gasteiger partial charge in [0.25, 0.3) is 0 Å². The van der Waals surface area contributed by atoms with Crippen molar-refractivity contribution in [3.05, 3.63) is 71.5 Å². The molecular formula is C23H24N6O3. The number of esters is 1. The van der Waals surface area contributed by atoms with E-state index in [0.717, 1.165) is 16.8 Å². The molecule has 1 saturated heterocycles. The number of hydrogen-bond acceptors (Lipinski definition) is 8. The molecule has 0 radical (unpaired) electrons. The summed E-state index contributed by atoms with van der Waals surface area (Å²) in [5, 5.41) is 3.10. The second-order valence-corrected chi connectivity index (χ2v) is 7.64. The fraction of sp³-hybridized carbons (Fsp3) is 0.261. The Bertz CT molecular complexity index is 1120. The van der Waals surface area contributed by atoms with Crippen molar-refractivity contribution >= 4 is 29.5 Å². The lowest BCUT2D eigenvalue weighted by Gasteiger charge is -2.16. The summed E-state index contributed by atoms with van der Waals surface area (Å²) in [6.07, 6.45) is 0.130. The van der Waals surface area contributed by atoms with Gasteiger partial charge in [-0.2, -0.15) is 15.0 Å². The molecule has 2 aromatic carbocycles. The number of anilines is 3. The summed E-state index contributed by atoms with van der Waals surface area (Å²) in [5.41, 5.74) is 8.67. The number of para-hydroxylation sites is 1. The lowest BCUT2D eigenvalue weighted by atomic mass is 10.1. The second-order valence-electron chi connectivity index (χ2n) is 7.64. The van der Waals surface area contributed by atoms with Crippen LogP contribution in [0.25, 0.3) is 0 Å². The highest BCUT2D eigenvalue weighted by Gasteiger charge is 2.35. The van der Waals surface area contributed by atoms with Gasteiger partial charge in [0.1, 0.15) is 0 Å². The molecule has 0 unspecified atom stereocenters. The molecule has 1 amide bonds. The Morgan fingerprint density at radius 1 is 1.12 bits per heavy atom. The predicted molar refractivity (Wildman–Crippen MR) is 118 cm³/mol. The van der Waals surface area contributed by atoms with Crippen molar-refractivity contribution < 1.29 is 14.3 Å². The molecule has 0 aliphatic carbocycles. The van der Waals surface area contributed by atoms with Crippen LogP contribution in [0.15, 0.2) is 54.6 Å². The van der Waals surface area contributed by atoms with Gasteiger partial charge in [0.2, 0.25) is 17.8 Å². The number of hydrogen-bond donors (Lipinski definition) is 2. The van der Waals surface area contributed by atoms with Crippen LogP contribution in [-0.2, 0) is 27.5 Å². The van der Waals surface area contributed by atoms with Gasteiger partial charge in [-0.15, -0.1) is 0 Å². The highest BCUT2D eigenvalue weighted by atomic mass is 16.5. The van der Waals surface area contributed by atoms with Crippen molar-refractivity contribution in [2.24, 2.45) is 5.92 Å². The molecule has 3 aromatic rings. The molecule has 0 spiro atoms. The topological polar surface area (TPSA) is 123 Å². The number of aromatic nitrogens is 3. The second kappa shape index (κ2) is 9.42. The minimum atomic E-state index is -0.519. The number of nitrogen functional groups attached to an aromatic ring is 1. The molecule has 3 N–H and O–H groups in total. The van der Waals surface area contributed by atoms with E-state index >= 15 is 0 Å². The van der Waals surface area contributed by atoms with E-state index in [2.05, 4.69) is 20.3 Å². The number of nitrogens with two attached hydrogens (primary N) is 1. The van der Waals surface area contributed by atoms with Crippen molar-refractivity contribution in [3.63, 3.8) is 0 Å². The zero-order valence-electron chi connectivity index (χ0n) is 17.7. The maximum absolute atomic E-state index is 12.5. The molecule has 0 saturated carbocycles. The first-order valence-electron chi connectivity index (χ1n) is 10.3. The molecule has 1 fully saturated rings. The highest BCUT2D eigenvalue weighted by molar-refractivity contribution is 5.86. The third kappa shape index (κ3) is 5.18. The number of rotatable bonds is 7. The summed E-state index contributed by atoms with van der Waals surface area (Å²) >= 11 is 0. The van der Waals surface area contributed by atoms with Crippen LogP contribution in [-0.4, -0.2) is 38.3 Å². The van der Waals surface area contributed by atoms with Crippen LogP contribution in [0.3, 0.4) is 0 Å². The quantitative estimate of drug-likeness (QED) is 0.546. The molecule has 164 valence electrons. The SMILES string of the molecule is Cc1ccccc1Nc1nc(N)nc(COC(=O)[C@H]2CC(=O)N(Cc3ccccc3)C2)n1. The average molecular weight is 432 g/mol. The van der Waals surface area contributed by atoms with E-state index in [1.807, 2.05) is 61.5 Å². The number of ether oxygens (including phenoxy) is 1. The van der Waals surface area contributed by atoms with Crippen LogP contribution in [0.1, 0.15) is 23.4 Å². The number of nitrogens with one attached hydrogen (secondary N) is 1. The summed E-state index contributed by atoms with van der Waals surface area (Å²) in [6, 6.07) is 17.3. The monoisotopic (exact) mass is 432 g/mol. The van der Waals surface area contributed by atoms with Gasteiger partial charge in [-0.1, -0.05) is 48.5 Å². The van der Waals surface area contributed by atoms with E-state index in [0.29, 0.717) is 13.1 Å². The van der Waals surface area contributed by atoms with E-state index in [1.165, 1.54) is 0 Å². The molecule has 32 heavy (non-hydrogen) atoms. The van der Waals surface area contributed by atoms with Gasteiger partial charge in [-0.25, -0.2) is 0 Å². The third-order valence-corrected chi connectivity index (χ3v) is 5.20. The normalized spacial score (nSPS) is 15.6. The van der Waals surface area contributed by atoms with Crippen LogP contribution in [0.5, 0.6) is 0 Å². The molecule has 2 heterocycles. The predicted octanol–water partition coefficient (Wildman–Crippen LogP) is 2.60. The summed E-state index contributed by atoms with van der Waals surface area (Å²) < 4.78 is 5.39. The van der Waals surface area contributed by atoms with Gasteiger partial charge < -0.3 is 20.7 Å². The van der Waals surface area contributed by atoms with E-state index in [1.54, 1.807) is 4.90 Å². The summed E-state index contributed by atoms with van der Waals surface area (Å²) in [7, 11) is 0. The zero-order chi connectivity index (χ0) is 22.5. The fourth-order valence-electron chi connectivity index (χ4n) is 3.53. The Morgan fingerprint density at radius 2 is 1.88 bits per heavy atom. The Morgan fingerprint density at radius 3 is 2.66 bits per heavy atom. The summed E-state index contributed by atoms with van der Waals surface area (Å²) in [4.78, 5) is 39.0. The van der Waals surface area contributed by atoms with E-state index in [-0.39, 0.29) is 36.7 Å². The number of amides is 1. The van der Waals surface area contributed by atoms with Crippen molar-refractivity contribution in [3.8, 4) is 0 Å². The molecule has 9 heteroatoms. The van der Waals surface area contributed by atoms with Crippen molar-refractivity contribution in [1.82, 2.24) is 19.9 Å². The number of benzene rings is 2.